The zero-order chi connectivity index (χ0) is 11.9. The van der Waals surface area contributed by atoms with Crippen molar-refractivity contribution in [2.75, 3.05) is 13.1 Å². The standard InChI is InChI=1S/C12H26N2O/c1-10(2)9-14-11(15)13-8-6-7-12(3,4)5/h10H,6-9H2,1-5H3,(H2,13,14,15). The molecular formula is C12H26N2O. The first kappa shape index (κ1) is 14.3. The van der Waals surface area contributed by atoms with Crippen molar-refractivity contribution in [1.29, 1.82) is 0 Å². The molecule has 0 unspecified atom stereocenters. The van der Waals surface area contributed by atoms with Crippen LogP contribution in [0.1, 0.15) is 47.5 Å². The maximum Gasteiger partial charge on any atom is 0.314 e. The first-order valence-electron chi connectivity index (χ1n) is 5.83. The van der Waals surface area contributed by atoms with Gasteiger partial charge in [-0.1, -0.05) is 34.6 Å². The number of urea groups is 1. The largest absolute Gasteiger partial charge is 0.338 e. The highest BCUT2D eigenvalue weighted by Crippen LogP contribution is 2.19. The second kappa shape index (κ2) is 6.70. The summed E-state index contributed by atoms with van der Waals surface area (Å²) in [7, 11) is 0. The predicted molar refractivity (Wildman–Crippen MR) is 64.9 cm³/mol. The van der Waals surface area contributed by atoms with E-state index >= 15 is 0 Å². The van der Waals surface area contributed by atoms with Gasteiger partial charge in [0.2, 0.25) is 0 Å². The summed E-state index contributed by atoms with van der Waals surface area (Å²) in [5.74, 6) is 0.505. The van der Waals surface area contributed by atoms with Crippen LogP contribution < -0.4 is 10.6 Å². The Morgan fingerprint density at radius 3 is 2.27 bits per heavy atom. The molecule has 0 atom stereocenters. The summed E-state index contributed by atoms with van der Waals surface area (Å²) in [5, 5.41) is 5.69. The molecule has 0 saturated heterocycles. The zero-order valence-electron chi connectivity index (χ0n) is 10.8. The molecule has 0 radical (unpaired) electrons. The van der Waals surface area contributed by atoms with E-state index in [4.69, 9.17) is 0 Å². The molecule has 0 aliphatic heterocycles. The molecule has 3 nitrogen and oxygen atoms in total. The van der Waals surface area contributed by atoms with E-state index in [1.807, 2.05) is 0 Å². The van der Waals surface area contributed by atoms with Crippen molar-refractivity contribution in [2.24, 2.45) is 11.3 Å². The van der Waals surface area contributed by atoms with Crippen molar-refractivity contribution in [3.63, 3.8) is 0 Å². The smallest absolute Gasteiger partial charge is 0.314 e. The van der Waals surface area contributed by atoms with Crippen molar-refractivity contribution in [3.8, 4) is 0 Å². The quantitative estimate of drug-likeness (QED) is 0.679. The minimum absolute atomic E-state index is 0.0439. The molecule has 0 aromatic rings. The Labute approximate surface area is 94.0 Å². The molecule has 2 amide bonds. The molecule has 15 heavy (non-hydrogen) atoms. The molecule has 0 spiro atoms. The van der Waals surface area contributed by atoms with Gasteiger partial charge < -0.3 is 10.6 Å². The first-order chi connectivity index (χ1) is 6.81. The first-order valence-corrected chi connectivity index (χ1v) is 5.83. The zero-order valence-corrected chi connectivity index (χ0v) is 10.8. The number of rotatable bonds is 5. The van der Waals surface area contributed by atoms with Crippen LogP contribution >= 0.6 is 0 Å². The highest BCUT2D eigenvalue weighted by atomic mass is 16.2. The molecule has 90 valence electrons. The molecule has 0 rings (SSSR count). The average molecular weight is 214 g/mol. The Morgan fingerprint density at radius 2 is 1.80 bits per heavy atom. The van der Waals surface area contributed by atoms with Gasteiger partial charge in [-0.25, -0.2) is 4.79 Å². The Kier molecular flexibility index (Phi) is 6.37. The summed E-state index contributed by atoms with van der Waals surface area (Å²) in [6.45, 7) is 12.3. The summed E-state index contributed by atoms with van der Waals surface area (Å²) < 4.78 is 0. The van der Waals surface area contributed by atoms with E-state index in [2.05, 4.69) is 45.3 Å². The molecule has 0 bridgehead atoms. The van der Waals surface area contributed by atoms with E-state index in [0.29, 0.717) is 11.3 Å². The molecular weight excluding hydrogens is 188 g/mol. The van der Waals surface area contributed by atoms with Gasteiger partial charge in [-0.05, 0) is 24.2 Å². The van der Waals surface area contributed by atoms with Gasteiger partial charge in [0.05, 0.1) is 0 Å². The molecule has 2 N–H and O–H groups in total. The lowest BCUT2D eigenvalue weighted by Crippen LogP contribution is -2.38. The fraction of sp³-hybridized carbons (Fsp3) is 0.917. The number of carbonyl (C=O) groups is 1. The van der Waals surface area contributed by atoms with E-state index in [0.717, 1.165) is 25.9 Å². The lowest BCUT2D eigenvalue weighted by Gasteiger charge is -2.17. The molecule has 0 aliphatic carbocycles. The third-order valence-corrected chi connectivity index (χ3v) is 2.06. The maximum atomic E-state index is 11.2. The van der Waals surface area contributed by atoms with Gasteiger partial charge in [0.1, 0.15) is 0 Å². The van der Waals surface area contributed by atoms with Crippen molar-refractivity contribution >= 4 is 6.03 Å². The van der Waals surface area contributed by atoms with Crippen LogP contribution in [-0.2, 0) is 0 Å². The van der Waals surface area contributed by atoms with E-state index < -0.39 is 0 Å². The third kappa shape index (κ3) is 11.2. The third-order valence-electron chi connectivity index (χ3n) is 2.06. The Hall–Kier alpha value is -0.730. The van der Waals surface area contributed by atoms with Crippen LogP contribution in [-0.4, -0.2) is 19.1 Å². The average Bonchev–Trinajstić information content (AvgIpc) is 2.07. The number of hydrogen-bond acceptors (Lipinski definition) is 1. The van der Waals surface area contributed by atoms with Gasteiger partial charge >= 0.3 is 6.03 Å². The van der Waals surface area contributed by atoms with Gasteiger partial charge in [-0.2, -0.15) is 0 Å². The number of nitrogens with one attached hydrogen (secondary N) is 2. The van der Waals surface area contributed by atoms with Gasteiger partial charge in [0.25, 0.3) is 0 Å². The van der Waals surface area contributed by atoms with Gasteiger partial charge in [0.15, 0.2) is 0 Å². The lowest BCUT2D eigenvalue weighted by atomic mass is 9.91. The fourth-order valence-electron chi connectivity index (χ4n) is 1.18. The minimum Gasteiger partial charge on any atom is -0.338 e. The monoisotopic (exact) mass is 214 g/mol. The van der Waals surface area contributed by atoms with Crippen LogP contribution in [0.25, 0.3) is 0 Å². The molecule has 0 aliphatic rings. The van der Waals surface area contributed by atoms with E-state index in [1.165, 1.54) is 0 Å². The van der Waals surface area contributed by atoms with Crippen molar-refractivity contribution in [2.45, 2.75) is 47.5 Å². The topological polar surface area (TPSA) is 41.1 Å². The Balaban J connectivity index is 3.40. The summed E-state index contributed by atoms with van der Waals surface area (Å²) >= 11 is 0. The van der Waals surface area contributed by atoms with Crippen molar-refractivity contribution < 1.29 is 4.79 Å². The highest BCUT2D eigenvalue weighted by molar-refractivity contribution is 5.73. The number of hydrogen-bond donors (Lipinski definition) is 2. The van der Waals surface area contributed by atoms with Crippen molar-refractivity contribution in [3.05, 3.63) is 0 Å². The summed E-state index contributed by atoms with van der Waals surface area (Å²) in [6.07, 6.45) is 2.18. The van der Waals surface area contributed by atoms with Crippen LogP contribution in [0.3, 0.4) is 0 Å². The van der Waals surface area contributed by atoms with Gasteiger partial charge in [-0.3, -0.25) is 0 Å². The maximum absolute atomic E-state index is 11.2. The Morgan fingerprint density at radius 1 is 1.20 bits per heavy atom. The van der Waals surface area contributed by atoms with E-state index in [-0.39, 0.29) is 6.03 Å². The molecule has 3 heteroatoms. The number of amides is 2. The predicted octanol–water partition coefficient (Wildman–Crippen LogP) is 2.77. The molecule has 0 fully saturated rings. The molecule has 0 heterocycles. The summed E-state index contributed by atoms with van der Waals surface area (Å²) in [6, 6.07) is -0.0439. The molecule has 0 aromatic heterocycles. The Bertz CT molecular complexity index is 183. The van der Waals surface area contributed by atoms with Crippen LogP contribution in [0.5, 0.6) is 0 Å². The minimum atomic E-state index is -0.0439. The summed E-state index contributed by atoms with van der Waals surface area (Å²) in [5.41, 5.74) is 0.357. The molecule has 0 aromatic carbocycles. The van der Waals surface area contributed by atoms with Crippen molar-refractivity contribution in [1.82, 2.24) is 10.6 Å². The van der Waals surface area contributed by atoms with E-state index in [1.54, 1.807) is 0 Å². The van der Waals surface area contributed by atoms with Crippen LogP contribution in [0.2, 0.25) is 0 Å². The normalized spacial score (nSPS) is 11.6. The highest BCUT2D eigenvalue weighted by Gasteiger charge is 2.09. The van der Waals surface area contributed by atoms with Crippen LogP contribution in [0.15, 0.2) is 0 Å². The SMILES string of the molecule is CC(C)CNC(=O)NCCCC(C)(C)C. The number of carbonyl (C=O) groups excluding carboxylic acids is 1. The van der Waals surface area contributed by atoms with Crippen LogP contribution in [0, 0.1) is 11.3 Å². The van der Waals surface area contributed by atoms with E-state index in [9.17, 15) is 4.79 Å². The van der Waals surface area contributed by atoms with Gasteiger partial charge in [0, 0.05) is 13.1 Å². The van der Waals surface area contributed by atoms with Crippen LogP contribution in [0.4, 0.5) is 4.79 Å². The second-order valence-corrected chi connectivity index (χ2v) is 5.69. The second-order valence-electron chi connectivity index (χ2n) is 5.69. The molecule has 0 saturated carbocycles. The van der Waals surface area contributed by atoms with Gasteiger partial charge in [-0.15, -0.1) is 0 Å². The lowest BCUT2D eigenvalue weighted by molar-refractivity contribution is 0.238. The summed E-state index contributed by atoms with van der Waals surface area (Å²) in [4.78, 5) is 11.2. The fourth-order valence-corrected chi connectivity index (χ4v) is 1.18.